The van der Waals surface area contributed by atoms with Gasteiger partial charge in [-0.25, -0.2) is 9.59 Å². The minimum absolute atomic E-state index is 0.0807. The number of carbonyl (C=O) groups is 2. The number of anilines is 1. The van der Waals surface area contributed by atoms with E-state index in [0.717, 1.165) is 29.4 Å². The number of halogens is 1. The van der Waals surface area contributed by atoms with E-state index in [2.05, 4.69) is 10.6 Å². The molecule has 7 heteroatoms. The Morgan fingerprint density at radius 3 is 2.71 bits per heavy atom. The first-order chi connectivity index (χ1) is 10.0. The number of rotatable bonds is 8. The fourth-order valence-electron chi connectivity index (χ4n) is 1.72. The monoisotopic (exact) mass is 406 g/mol. The van der Waals surface area contributed by atoms with Crippen molar-refractivity contribution < 1.29 is 19.4 Å². The number of carboxylic acids is 1. The number of hydrogen-bond acceptors (Lipinski definition) is 3. The van der Waals surface area contributed by atoms with Gasteiger partial charge in [0.05, 0.1) is 11.3 Å². The molecule has 1 rings (SSSR count). The molecular formula is C14H19IN2O4. The van der Waals surface area contributed by atoms with E-state index in [-0.39, 0.29) is 5.56 Å². The normalized spacial score (nSPS) is 10.2. The van der Waals surface area contributed by atoms with Gasteiger partial charge in [-0.15, -0.1) is 0 Å². The summed E-state index contributed by atoms with van der Waals surface area (Å²) in [5.74, 6) is -1.07. The number of ether oxygens (including phenoxy) is 1. The van der Waals surface area contributed by atoms with Gasteiger partial charge in [0.15, 0.2) is 0 Å². The second-order valence-corrected chi connectivity index (χ2v) is 5.68. The molecule has 0 aliphatic rings. The minimum Gasteiger partial charge on any atom is -0.478 e. The van der Waals surface area contributed by atoms with Crippen LogP contribution in [0.15, 0.2) is 18.2 Å². The maximum absolute atomic E-state index is 11.7. The minimum atomic E-state index is -1.07. The summed E-state index contributed by atoms with van der Waals surface area (Å²) in [6.45, 7) is 1.26. The van der Waals surface area contributed by atoms with Crippen molar-refractivity contribution in [3.63, 3.8) is 0 Å². The molecule has 2 amide bonds. The van der Waals surface area contributed by atoms with Crippen LogP contribution in [-0.2, 0) is 4.74 Å². The summed E-state index contributed by atoms with van der Waals surface area (Å²) in [6.07, 6.45) is 2.79. The number of carboxylic acid groups (broad SMARTS) is 1. The smallest absolute Gasteiger partial charge is 0.337 e. The van der Waals surface area contributed by atoms with E-state index in [1.807, 2.05) is 22.6 Å². The molecule has 0 saturated carbocycles. The molecule has 0 unspecified atom stereocenters. The Labute approximate surface area is 137 Å². The van der Waals surface area contributed by atoms with E-state index < -0.39 is 12.0 Å². The zero-order valence-electron chi connectivity index (χ0n) is 11.8. The molecule has 116 valence electrons. The summed E-state index contributed by atoms with van der Waals surface area (Å²) in [7, 11) is 1.66. The van der Waals surface area contributed by atoms with E-state index in [0.29, 0.717) is 12.2 Å². The summed E-state index contributed by atoms with van der Waals surface area (Å²) in [4.78, 5) is 22.8. The Morgan fingerprint density at radius 2 is 2.05 bits per heavy atom. The predicted molar refractivity (Wildman–Crippen MR) is 88.9 cm³/mol. The van der Waals surface area contributed by atoms with E-state index >= 15 is 0 Å². The first-order valence-electron chi connectivity index (χ1n) is 6.61. The van der Waals surface area contributed by atoms with Crippen LogP contribution in [0.4, 0.5) is 10.5 Å². The molecular weight excluding hydrogens is 387 g/mol. The molecule has 0 heterocycles. The Hall–Kier alpha value is -1.35. The van der Waals surface area contributed by atoms with Crippen LogP contribution in [0.25, 0.3) is 0 Å². The first kappa shape index (κ1) is 17.7. The lowest BCUT2D eigenvalue weighted by Gasteiger charge is -2.10. The predicted octanol–water partition coefficient (Wildman–Crippen LogP) is 2.93. The number of amides is 2. The van der Waals surface area contributed by atoms with E-state index in [4.69, 9.17) is 9.84 Å². The highest BCUT2D eigenvalue weighted by atomic mass is 127. The van der Waals surface area contributed by atoms with Gasteiger partial charge < -0.3 is 20.5 Å². The number of carbonyl (C=O) groups excluding carboxylic acids is 1. The molecule has 0 spiro atoms. The quantitative estimate of drug-likeness (QED) is 0.458. The highest BCUT2D eigenvalue weighted by Gasteiger charge is 2.12. The van der Waals surface area contributed by atoms with Gasteiger partial charge in [0.25, 0.3) is 0 Å². The van der Waals surface area contributed by atoms with Crippen molar-refractivity contribution in [2.75, 3.05) is 25.6 Å². The molecule has 1 aromatic carbocycles. The van der Waals surface area contributed by atoms with E-state index in [9.17, 15) is 9.59 Å². The largest absolute Gasteiger partial charge is 0.478 e. The lowest BCUT2D eigenvalue weighted by atomic mass is 10.2. The van der Waals surface area contributed by atoms with Crippen molar-refractivity contribution in [3.8, 4) is 0 Å². The second kappa shape index (κ2) is 9.56. The second-order valence-electron chi connectivity index (χ2n) is 4.43. The zero-order valence-corrected chi connectivity index (χ0v) is 14.0. The highest BCUT2D eigenvalue weighted by Crippen LogP contribution is 2.18. The Bertz CT molecular complexity index is 494. The Morgan fingerprint density at radius 1 is 1.29 bits per heavy atom. The number of benzene rings is 1. The third-order valence-corrected chi connectivity index (χ3v) is 3.44. The van der Waals surface area contributed by atoms with Crippen molar-refractivity contribution in [1.82, 2.24) is 5.32 Å². The van der Waals surface area contributed by atoms with Crippen LogP contribution in [0.1, 0.15) is 29.6 Å². The SMILES string of the molecule is COCCCCCNC(=O)Nc1ccc(I)cc1C(=O)O. The van der Waals surface area contributed by atoms with E-state index in [1.165, 1.54) is 6.07 Å². The van der Waals surface area contributed by atoms with E-state index in [1.54, 1.807) is 19.2 Å². The molecule has 0 aliphatic carbocycles. The Kier molecular flexibility index (Phi) is 8.06. The van der Waals surface area contributed by atoms with Crippen molar-refractivity contribution in [1.29, 1.82) is 0 Å². The summed E-state index contributed by atoms with van der Waals surface area (Å²) in [5.41, 5.74) is 0.372. The van der Waals surface area contributed by atoms with Crippen molar-refractivity contribution >= 4 is 40.3 Å². The third kappa shape index (κ3) is 6.76. The molecule has 0 aromatic heterocycles. The summed E-state index contributed by atoms with van der Waals surface area (Å²) < 4.78 is 5.74. The highest BCUT2D eigenvalue weighted by molar-refractivity contribution is 14.1. The van der Waals surface area contributed by atoms with Crippen LogP contribution < -0.4 is 10.6 Å². The number of aromatic carboxylic acids is 1. The fraction of sp³-hybridized carbons (Fsp3) is 0.429. The number of methoxy groups -OCH3 is 1. The third-order valence-electron chi connectivity index (χ3n) is 2.77. The maximum Gasteiger partial charge on any atom is 0.337 e. The van der Waals surface area contributed by atoms with Gasteiger partial charge in [0, 0.05) is 23.8 Å². The van der Waals surface area contributed by atoms with Gasteiger partial charge in [-0.1, -0.05) is 0 Å². The van der Waals surface area contributed by atoms with Crippen LogP contribution in [-0.4, -0.2) is 37.4 Å². The molecule has 1 aromatic rings. The first-order valence-corrected chi connectivity index (χ1v) is 7.69. The molecule has 0 bridgehead atoms. The summed E-state index contributed by atoms with van der Waals surface area (Å²) in [5, 5.41) is 14.4. The summed E-state index contributed by atoms with van der Waals surface area (Å²) in [6, 6.07) is 4.45. The van der Waals surface area contributed by atoms with Crippen molar-refractivity contribution in [2.24, 2.45) is 0 Å². The van der Waals surface area contributed by atoms with Crippen LogP contribution in [0.2, 0.25) is 0 Å². The van der Waals surface area contributed by atoms with Gasteiger partial charge in [-0.2, -0.15) is 0 Å². The average molecular weight is 406 g/mol. The van der Waals surface area contributed by atoms with Crippen molar-refractivity contribution in [2.45, 2.75) is 19.3 Å². The fourth-order valence-corrected chi connectivity index (χ4v) is 2.21. The van der Waals surface area contributed by atoms with Crippen LogP contribution >= 0.6 is 22.6 Å². The van der Waals surface area contributed by atoms with Gasteiger partial charge in [-0.05, 0) is 60.1 Å². The van der Waals surface area contributed by atoms with Gasteiger partial charge in [0.2, 0.25) is 0 Å². The topological polar surface area (TPSA) is 87.7 Å². The lowest BCUT2D eigenvalue weighted by molar-refractivity contribution is 0.0698. The number of urea groups is 1. The van der Waals surface area contributed by atoms with Crippen LogP contribution in [0.5, 0.6) is 0 Å². The summed E-state index contributed by atoms with van der Waals surface area (Å²) >= 11 is 2.03. The van der Waals surface area contributed by atoms with Gasteiger partial charge in [-0.3, -0.25) is 0 Å². The molecule has 0 atom stereocenters. The molecule has 0 aliphatic heterocycles. The molecule has 0 saturated heterocycles. The molecule has 6 nitrogen and oxygen atoms in total. The van der Waals surface area contributed by atoms with Crippen LogP contribution in [0, 0.1) is 3.57 Å². The lowest BCUT2D eigenvalue weighted by Crippen LogP contribution is -2.30. The zero-order chi connectivity index (χ0) is 15.7. The Balaban J connectivity index is 2.43. The molecule has 3 N–H and O–H groups in total. The molecule has 0 fully saturated rings. The maximum atomic E-state index is 11.7. The number of nitrogens with one attached hydrogen (secondary N) is 2. The van der Waals surface area contributed by atoms with Gasteiger partial charge >= 0.3 is 12.0 Å². The number of unbranched alkanes of at least 4 members (excludes halogenated alkanes) is 2. The van der Waals surface area contributed by atoms with Gasteiger partial charge in [0.1, 0.15) is 0 Å². The van der Waals surface area contributed by atoms with Crippen LogP contribution in [0.3, 0.4) is 0 Å². The average Bonchev–Trinajstić information content (AvgIpc) is 2.44. The van der Waals surface area contributed by atoms with Crippen molar-refractivity contribution in [3.05, 3.63) is 27.3 Å². The molecule has 21 heavy (non-hydrogen) atoms. The number of hydrogen-bond donors (Lipinski definition) is 3. The standard InChI is InChI=1S/C14H19IN2O4/c1-21-8-4-2-3-7-16-14(20)17-12-6-5-10(15)9-11(12)13(18)19/h5-6,9H,2-4,7-8H2,1H3,(H,18,19)(H2,16,17,20). The molecule has 0 radical (unpaired) electrons.